The van der Waals surface area contributed by atoms with Crippen molar-refractivity contribution in [3.05, 3.63) is 47.5 Å². The molecule has 0 aromatic heterocycles. The highest BCUT2D eigenvalue weighted by Gasteiger charge is 2.39. The summed E-state index contributed by atoms with van der Waals surface area (Å²) in [5, 5.41) is 37.4. The molecular weight excluding hydrogens is 469 g/mol. The van der Waals surface area contributed by atoms with Gasteiger partial charge in [-0.2, -0.15) is 18.4 Å². The first-order valence-electron chi connectivity index (χ1n) is 10.8. The molecule has 1 aliphatic rings. The molecule has 1 saturated heterocycles. The highest BCUT2D eigenvalue weighted by molar-refractivity contribution is 8.14. The summed E-state index contributed by atoms with van der Waals surface area (Å²) in [6.07, 6.45) is -4.70. The zero-order valence-corrected chi connectivity index (χ0v) is 19.1. The van der Waals surface area contributed by atoms with Crippen molar-refractivity contribution in [2.45, 2.75) is 37.6 Å². The topological polar surface area (TPSA) is 105 Å². The van der Waals surface area contributed by atoms with Crippen molar-refractivity contribution in [3.63, 3.8) is 0 Å². The molecule has 1 heterocycles. The average Bonchev–Trinajstić information content (AvgIpc) is 2.84. The molecule has 10 heteroatoms. The molecule has 0 aliphatic carbocycles. The lowest BCUT2D eigenvalue weighted by molar-refractivity contribution is -0.108. The Kier molecular flexibility index (Phi) is 8.60. The number of alkyl halides is 3. The largest absolute Gasteiger partial charge is 0.418 e. The number of allylic oxidation sites excluding steroid dienone is 1. The fraction of sp³-hybridized carbons (Fsp3) is 0.417. The first-order valence-corrected chi connectivity index (χ1v) is 11.8. The van der Waals surface area contributed by atoms with Crippen LogP contribution < -0.4 is 4.90 Å². The van der Waals surface area contributed by atoms with E-state index >= 15 is 0 Å². The Bertz CT molecular complexity index is 1110. The molecule has 2 aromatic carbocycles. The number of hydrogen-bond acceptors (Lipinski definition) is 7. The van der Waals surface area contributed by atoms with Gasteiger partial charge in [0.25, 0.3) is 0 Å². The number of aliphatic hydroxyl groups excluding tert-OH is 3. The minimum Gasteiger partial charge on any atom is -0.394 e. The second-order valence-corrected chi connectivity index (χ2v) is 9.06. The zero-order chi connectivity index (χ0) is 24.9. The van der Waals surface area contributed by atoms with E-state index in [0.717, 1.165) is 37.0 Å². The van der Waals surface area contributed by atoms with E-state index in [9.17, 15) is 33.4 Å². The maximum absolute atomic E-state index is 14.0. The number of nitrogens with zero attached hydrogens (tertiary/aromatic N) is 2. The Balaban J connectivity index is 1.95. The smallest absolute Gasteiger partial charge is 0.394 e. The molecule has 0 saturated carbocycles. The fourth-order valence-corrected chi connectivity index (χ4v) is 4.69. The standard InChI is InChI=1S/C24H25F3N2O4S/c25-24(26,27)22(19(12-28)23(33)34-14-21(32)20(31)13-30)17-5-4-16-11-18(7-6-15(16)10-17)29-8-2-1-3-9-29/h4-7,10-11,20-21,30-32H,1-3,8-9,13-14H2/b22-19-. The SMILES string of the molecule is N#C/C(C(=O)SCC(O)C(O)CO)=C(\c1ccc2cc(N3CCCCC3)ccc2c1)C(F)(F)F. The van der Waals surface area contributed by atoms with Crippen LogP contribution in [0.1, 0.15) is 24.8 Å². The third-order valence-corrected chi connectivity index (χ3v) is 6.67. The van der Waals surface area contributed by atoms with Gasteiger partial charge in [0.05, 0.1) is 18.3 Å². The summed E-state index contributed by atoms with van der Waals surface area (Å²) in [6.45, 7) is 1.08. The minimum atomic E-state index is -4.98. The molecular formula is C24H25F3N2O4S. The van der Waals surface area contributed by atoms with E-state index in [1.54, 1.807) is 6.07 Å². The molecule has 0 spiro atoms. The third kappa shape index (κ3) is 6.10. The van der Waals surface area contributed by atoms with Gasteiger partial charge in [-0.1, -0.05) is 30.0 Å². The number of thioether (sulfide) groups is 1. The number of halogens is 3. The molecule has 2 aromatic rings. The van der Waals surface area contributed by atoms with Crippen LogP contribution in [0.25, 0.3) is 16.3 Å². The van der Waals surface area contributed by atoms with Crippen molar-refractivity contribution in [1.29, 1.82) is 5.26 Å². The first-order chi connectivity index (χ1) is 16.2. The van der Waals surface area contributed by atoms with Crippen LogP contribution in [0.4, 0.5) is 18.9 Å². The predicted molar refractivity (Wildman–Crippen MR) is 125 cm³/mol. The lowest BCUT2D eigenvalue weighted by atomic mass is 9.97. The summed E-state index contributed by atoms with van der Waals surface area (Å²) in [4.78, 5) is 14.7. The second kappa shape index (κ2) is 11.2. The molecule has 0 amide bonds. The predicted octanol–water partition coefficient (Wildman–Crippen LogP) is 3.64. The molecule has 1 fully saturated rings. The monoisotopic (exact) mass is 494 g/mol. The molecule has 182 valence electrons. The average molecular weight is 495 g/mol. The summed E-state index contributed by atoms with van der Waals surface area (Å²) in [6, 6.07) is 10.9. The fourth-order valence-electron chi connectivity index (χ4n) is 3.86. The molecule has 2 unspecified atom stereocenters. The Hall–Kier alpha value is -2.58. The van der Waals surface area contributed by atoms with Crippen molar-refractivity contribution < 1.29 is 33.3 Å². The summed E-state index contributed by atoms with van der Waals surface area (Å²) < 4.78 is 42.0. The molecule has 6 nitrogen and oxygen atoms in total. The second-order valence-electron chi connectivity index (χ2n) is 8.07. The van der Waals surface area contributed by atoms with E-state index in [4.69, 9.17) is 5.11 Å². The maximum Gasteiger partial charge on any atom is 0.418 e. The van der Waals surface area contributed by atoms with Crippen LogP contribution in [0.5, 0.6) is 0 Å². The van der Waals surface area contributed by atoms with Gasteiger partial charge in [-0.3, -0.25) is 4.79 Å². The molecule has 2 atom stereocenters. The Morgan fingerprint density at radius 3 is 2.32 bits per heavy atom. The normalized spacial score (nSPS) is 17.1. The van der Waals surface area contributed by atoms with Gasteiger partial charge in [-0.25, -0.2) is 0 Å². The van der Waals surface area contributed by atoms with Crippen molar-refractivity contribution in [3.8, 4) is 6.07 Å². The number of hydrogen-bond donors (Lipinski definition) is 3. The van der Waals surface area contributed by atoms with E-state index in [2.05, 4.69) is 4.90 Å². The first kappa shape index (κ1) is 26.0. The van der Waals surface area contributed by atoms with Gasteiger partial charge in [-0.15, -0.1) is 0 Å². The lowest BCUT2D eigenvalue weighted by Gasteiger charge is -2.29. The van der Waals surface area contributed by atoms with Gasteiger partial charge in [-0.05, 0) is 53.8 Å². The molecule has 3 N–H and O–H groups in total. The van der Waals surface area contributed by atoms with E-state index in [-0.39, 0.29) is 17.3 Å². The molecule has 1 aliphatic heterocycles. The van der Waals surface area contributed by atoms with Crippen LogP contribution in [-0.2, 0) is 4.79 Å². The Morgan fingerprint density at radius 2 is 1.71 bits per heavy atom. The number of piperidine rings is 1. The minimum absolute atomic E-state index is 0.275. The van der Waals surface area contributed by atoms with Crippen LogP contribution in [0.3, 0.4) is 0 Å². The zero-order valence-electron chi connectivity index (χ0n) is 18.3. The number of benzene rings is 2. The van der Waals surface area contributed by atoms with Crippen LogP contribution in [0, 0.1) is 11.3 Å². The van der Waals surface area contributed by atoms with Crippen LogP contribution in [0.2, 0.25) is 0 Å². The third-order valence-electron chi connectivity index (χ3n) is 5.70. The van der Waals surface area contributed by atoms with Crippen molar-refractivity contribution in [1.82, 2.24) is 0 Å². The van der Waals surface area contributed by atoms with Crippen LogP contribution in [-0.4, -0.2) is 64.3 Å². The van der Waals surface area contributed by atoms with E-state index in [1.807, 2.05) is 12.1 Å². The van der Waals surface area contributed by atoms with Gasteiger partial charge in [0.2, 0.25) is 5.12 Å². The van der Waals surface area contributed by atoms with Crippen LogP contribution >= 0.6 is 11.8 Å². The number of rotatable bonds is 7. The highest BCUT2D eigenvalue weighted by atomic mass is 32.2. The van der Waals surface area contributed by atoms with Gasteiger partial charge >= 0.3 is 6.18 Å². The van der Waals surface area contributed by atoms with Crippen LogP contribution in [0.15, 0.2) is 42.0 Å². The molecule has 3 rings (SSSR count). The summed E-state index contributed by atoms with van der Waals surface area (Å²) in [5.74, 6) is -0.478. The summed E-state index contributed by atoms with van der Waals surface area (Å²) in [7, 11) is 0. The number of carbonyl (C=O) groups excluding carboxylic acids is 1. The maximum atomic E-state index is 14.0. The van der Waals surface area contributed by atoms with Crippen molar-refractivity contribution in [2.24, 2.45) is 0 Å². The Morgan fingerprint density at radius 1 is 1.06 bits per heavy atom. The van der Waals surface area contributed by atoms with Gasteiger partial charge in [0.1, 0.15) is 17.7 Å². The highest BCUT2D eigenvalue weighted by Crippen LogP contribution is 2.39. The quantitative estimate of drug-likeness (QED) is 0.399. The molecule has 0 bridgehead atoms. The molecule has 0 radical (unpaired) electrons. The van der Waals surface area contributed by atoms with Gasteiger partial charge in [0, 0.05) is 24.5 Å². The number of fused-ring (bicyclic) bond motifs is 1. The lowest BCUT2D eigenvalue weighted by Crippen LogP contribution is -2.31. The number of carbonyl (C=O) groups is 1. The van der Waals surface area contributed by atoms with Gasteiger partial charge in [0.15, 0.2) is 0 Å². The summed E-state index contributed by atoms with van der Waals surface area (Å²) in [5.41, 5.74) is -1.76. The molecule has 34 heavy (non-hydrogen) atoms. The van der Waals surface area contributed by atoms with E-state index in [1.165, 1.54) is 30.7 Å². The number of aliphatic hydroxyl groups is 3. The summed E-state index contributed by atoms with van der Waals surface area (Å²) >= 11 is 0.275. The van der Waals surface area contributed by atoms with Crippen molar-refractivity contribution >= 4 is 38.9 Å². The van der Waals surface area contributed by atoms with Gasteiger partial charge < -0.3 is 20.2 Å². The number of anilines is 1. The Labute approximate surface area is 199 Å². The number of nitriles is 1. The van der Waals surface area contributed by atoms with E-state index < -0.39 is 47.0 Å². The van der Waals surface area contributed by atoms with E-state index in [0.29, 0.717) is 5.39 Å². The van der Waals surface area contributed by atoms with Crippen molar-refractivity contribution in [2.75, 3.05) is 30.3 Å².